The zero-order chi connectivity index (χ0) is 14.7. The smallest absolute Gasteiger partial charge is 0.105 e. The van der Waals surface area contributed by atoms with Gasteiger partial charge in [-0.1, -0.05) is 60.2 Å². The van der Waals surface area contributed by atoms with E-state index in [0.717, 1.165) is 27.9 Å². The van der Waals surface area contributed by atoms with Crippen LogP contribution in [0.2, 0.25) is 0 Å². The average molecular weight is 275 g/mol. The third-order valence-electron chi connectivity index (χ3n) is 3.55. The van der Waals surface area contributed by atoms with E-state index in [1.165, 1.54) is 0 Å². The molecule has 21 heavy (non-hydrogen) atoms. The zero-order valence-electron chi connectivity index (χ0n) is 11.9. The number of rotatable bonds is 3. The summed E-state index contributed by atoms with van der Waals surface area (Å²) in [5.41, 5.74) is 4.76. The number of hydrogen-bond acceptors (Lipinski definition) is 2. The zero-order valence-corrected chi connectivity index (χ0v) is 11.9. The number of pyridine rings is 1. The molecule has 3 aromatic rings. The van der Waals surface area contributed by atoms with Gasteiger partial charge >= 0.3 is 0 Å². The van der Waals surface area contributed by atoms with E-state index >= 15 is 0 Å². The molecule has 2 aromatic carbocycles. The molecule has 0 bridgehead atoms. The quantitative estimate of drug-likeness (QED) is 0.779. The summed E-state index contributed by atoms with van der Waals surface area (Å²) in [6.45, 7) is 2.03. The summed E-state index contributed by atoms with van der Waals surface area (Å²) in [6.07, 6.45) is 1.12. The van der Waals surface area contributed by atoms with Crippen molar-refractivity contribution < 1.29 is 5.11 Å². The number of nitrogens with zero attached hydrogens (tertiary/aromatic N) is 1. The van der Waals surface area contributed by atoms with Crippen LogP contribution in [0.5, 0.6) is 0 Å². The fourth-order valence-corrected chi connectivity index (χ4v) is 2.51. The molecular formula is C19H17NO. The van der Waals surface area contributed by atoms with E-state index in [0.29, 0.717) is 0 Å². The Bertz CT molecular complexity index is 737. The number of hydrogen-bond donors (Lipinski definition) is 1. The number of aliphatic hydroxyl groups is 1. The van der Waals surface area contributed by atoms with Crippen molar-refractivity contribution in [2.45, 2.75) is 13.0 Å². The van der Waals surface area contributed by atoms with Crippen LogP contribution in [-0.4, -0.2) is 10.1 Å². The second kappa shape index (κ2) is 5.90. The van der Waals surface area contributed by atoms with Crippen molar-refractivity contribution in [3.05, 3.63) is 89.6 Å². The minimum Gasteiger partial charge on any atom is -0.384 e. The Labute approximate surface area is 124 Å². The van der Waals surface area contributed by atoms with Crippen LogP contribution < -0.4 is 0 Å². The first-order valence-corrected chi connectivity index (χ1v) is 7.00. The summed E-state index contributed by atoms with van der Waals surface area (Å²) < 4.78 is 0. The molecule has 1 heterocycles. The summed E-state index contributed by atoms with van der Waals surface area (Å²) in [6, 6.07) is 21.6. The van der Waals surface area contributed by atoms with Crippen molar-refractivity contribution in [1.29, 1.82) is 0 Å². The van der Waals surface area contributed by atoms with Gasteiger partial charge < -0.3 is 5.11 Å². The largest absolute Gasteiger partial charge is 0.384 e. The number of aromatic nitrogens is 1. The number of aliphatic hydroxyl groups excluding tert-OH is 1. The van der Waals surface area contributed by atoms with E-state index in [1.807, 2.05) is 73.7 Å². The fraction of sp³-hybridized carbons (Fsp3) is 0.105. The lowest BCUT2D eigenvalue weighted by Crippen LogP contribution is -2.02. The van der Waals surface area contributed by atoms with E-state index in [2.05, 4.69) is 4.98 Å². The van der Waals surface area contributed by atoms with E-state index in [9.17, 15) is 5.11 Å². The predicted octanol–water partition coefficient (Wildman–Crippen LogP) is 4.14. The van der Waals surface area contributed by atoms with Crippen molar-refractivity contribution in [2.24, 2.45) is 0 Å². The van der Waals surface area contributed by atoms with Crippen LogP contribution in [0.25, 0.3) is 11.3 Å². The second-order valence-electron chi connectivity index (χ2n) is 5.12. The van der Waals surface area contributed by atoms with E-state index < -0.39 is 6.10 Å². The van der Waals surface area contributed by atoms with Gasteiger partial charge in [-0.25, -0.2) is 0 Å². The monoisotopic (exact) mass is 275 g/mol. The standard InChI is InChI=1S/C19H17NO/c1-14-7-6-8-15(13-14)19(21)17-10-3-2-9-16(17)18-11-4-5-12-20-18/h2-13,19,21H,1H3. The predicted molar refractivity (Wildman–Crippen MR) is 84.9 cm³/mol. The highest BCUT2D eigenvalue weighted by atomic mass is 16.3. The number of aryl methyl sites for hydroxylation is 1. The van der Waals surface area contributed by atoms with Gasteiger partial charge in [-0.2, -0.15) is 0 Å². The summed E-state index contributed by atoms with van der Waals surface area (Å²) in [4.78, 5) is 4.39. The maximum Gasteiger partial charge on any atom is 0.105 e. The molecule has 0 aliphatic carbocycles. The second-order valence-corrected chi connectivity index (χ2v) is 5.12. The summed E-state index contributed by atoms with van der Waals surface area (Å²) >= 11 is 0. The highest BCUT2D eigenvalue weighted by Gasteiger charge is 2.15. The molecule has 0 spiro atoms. The van der Waals surface area contributed by atoms with Gasteiger partial charge in [0.15, 0.2) is 0 Å². The van der Waals surface area contributed by atoms with Gasteiger partial charge in [0.2, 0.25) is 0 Å². The van der Waals surface area contributed by atoms with Crippen molar-refractivity contribution in [3.63, 3.8) is 0 Å². The van der Waals surface area contributed by atoms with Crippen molar-refractivity contribution in [2.75, 3.05) is 0 Å². The number of benzene rings is 2. The van der Waals surface area contributed by atoms with E-state index in [4.69, 9.17) is 0 Å². The Morgan fingerprint density at radius 3 is 2.48 bits per heavy atom. The van der Waals surface area contributed by atoms with Crippen LogP contribution in [0, 0.1) is 6.92 Å². The van der Waals surface area contributed by atoms with Crippen LogP contribution in [0.15, 0.2) is 72.9 Å². The Hall–Kier alpha value is -2.45. The molecule has 1 unspecified atom stereocenters. The third-order valence-corrected chi connectivity index (χ3v) is 3.55. The van der Waals surface area contributed by atoms with Crippen molar-refractivity contribution in [1.82, 2.24) is 4.98 Å². The molecule has 0 radical (unpaired) electrons. The molecule has 1 aromatic heterocycles. The topological polar surface area (TPSA) is 33.1 Å². The lowest BCUT2D eigenvalue weighted by atomic mass is 9.94. The molecule has 1 N–H and O–H groups in total. The first-order chi connectivity index (χ1) is 10.3. The minimum atomic E-state index is -0.650. The maximum atomic E-state index is 10.7. The molecule has 2 heteroatoms. The summed E-state index contributed by atoms with van der Waals surface area (Å²) in [7, 11) is 0. The lowest BCUT2D eigenvalue weighted by molar-refractivity contribution is 0.221. The molecule has 0 aliphatic heterocycles. The van der Waals surface area contributed by atoms with Gasteiger partial charge in [0.1, 0.15) is 6.10 Å². The molecule has 0 saturated heterocycles. The first-order valence-electron chi connectivity index (χ1n) is 7.00. The summed E-state index contributed by atoms with van der Waals surface area (Å²) in [5.74, 6) is 0. The molecule has 104 valence electrons. The highest BCUT2D eigenvalue weighted by molar-refractivity contribution is 5.65. The Morgan fingerprint density at radius 2 is 1.71 bits per heavy atom. The highest BCUT2D eigenvalue weighted by Crippen LogP contribution is 2.30. The van der Waals surface area contributed by atoms with Gasteiger partial charge in [0.05, 0.1) is 5.69 Å². The Kier molecular flexibility index (Phi) is 3.80. The molecule has 0 aliphatic rings. The van der Waals surface area contributed by atoms with Crippen LogP contribution in [-0.2, 0) is 0 Å². The molecule has 1 atom stereocenters. The normalized spacial score (nSPS) is 12.1. The van der Waals surface area contributed by atoms with Crippen molar-refractivity contribution in [3.8, 4) is 11.3 Å². The molecule has 2 nitrogen and oxygen atoms in total. The SMILES string of the molecule is Cc1cccc(C(O)c2ccccc2-c2ccccn2)c1. The van der Waals surface area contributed by atoms with Crippen LogP contribution >= 0.6 is 0 Å². The van der Waals surface area contributed by atoms with Crippen LogP contribution in [0.4, 0.5) is 0 Å². The molecule has 0 amide bonds. The maximum absolute atomic E-state index is 10.7. The van der Waals surface area contributed by atoms with Crippen LogP contribution in [0.3, 0.4) is 0 Å². The van der Waals surface area contributed by atoms with E-state index in [1.54, 1.807) is 6.20 Å². The minimum absolute atomic E-state index is 0.650. The molecule has 0 fully saturated rings. The van der Waals surface area contributed by atoms with Gasteiger partial charge in [0.25, 0.3) is 0 Å². The van der Waals surface area contributed by atoms with Gasteiger partial charge in [-0.15, -0.1) is 0 Å². The fourth-order valence-electron chi connectivity index (χ4n) is 2.51. The molecular weight excluding hydrogens is 258 g/mol. The van der Waals surface area contributed by atoms with Gasteiger partial charge in [-0.05, 0) is 30.2 Å². The lowest BCUT2D eigenvalue weighted by Gasteiger charge is -2.16. The first kappa shape index (κ1) is 13.5. The third kappa shape index (κ3) is 2.86. The Morgan fingerprint density at radius 1 is 0.905 bits per heavy atom. The molecule has 3 rings (SSSR count). The van der Waals surface area contributed by atoms with Crippen LogP contribution in [0.1, 0.15) is 22.8 Å². The van der Waals surface area contributed by atoms with Gasteiger partial charge in [0, 0.05) is 11.8 Å². The Balaban J connectivity index is 2.07. The van der Waals surface area contributed by atoms with E-state index in [-0.39, 0.29) is 0 Å². The average Bonchev–Trinajstić information content (AvgIpc) is 2.55. The summed E-state index contributed by atoms with van der Waals surface area (Å²) in [5, 5.41) is 10.7. The van der Waals surface area contributed by atoms with Gasteiger partial charge in [-0.3, -0.25) is 4.98 Å². The molecule has 0 saturated carbocycles. The van der Waals surface area contributed by atoms with Crippen molar-refractivity contribution >= 4 is 0 Å².